The van der Waals surface area contributed by atoms with Gasteiger partial charge in [0.1, 0.15) is 11.6 Å². The second-order valence-corrected chi connectivity index (χ2v) is 12.1. The minimum atomic E-state index is -0.233. The van der Waals surface area contributed by atoms with E-state index < -0.39 is 0 Å². The highest BCUT2D eigenvalue weighted by Crippen LogP contribution is 2.23. The zero-order chi connectivity index (χ0) is 32.3. The van der Waals surface area contributed by atoms with Crippen LogP contribution in [0.15, 0.2) is 109 Å². The first-order chi connectivity index (χ1) is 23.1. The molecule has 2 saturated heterocycles. The number of piperazine rings is 2. The van der Waals surface area contributed by atoms with E-state index in [1.54, 1.807) is 24.5 Å². The van der Waals surface area contributed by atoms with E-state index in [-0.39, 0.29) is 18.0 Å². The standard InChI is InChI=1S/C39H42N6O2/c46-36(17-15-34-13-7-19-40-38(34)44-25-21-42(22-26-44)30-32-9-3-1-4-10-32)29-37(47)18-16-35-14-8-20-41-39(35)45-27-23-43(24-28-45)31-33-11-5-2-6-12-33/h1-20H,21-31H2. The molecule has 0 N–H and O–H groups in total. The van der Waals surface area contributed by atoms with Gasteiger partial charge in [0, 0.05) is 89.0 Å². The number of carbonyl (C=O) groups is 2. The zero-order valence-electron chi connectivity index (χ0n) is 26.8. The van der Waals surface area contributed by atoms with E-state index >= 15 is 0 Å². The second kappa shape index (κ2) is 16.1. The quantitative estimate of drug-likeness (QED) is 0.154. The molecule has 240 valence electrons. The fourth-order valence-corrected chi connectivity index (χ4v) is 6.18. The summed E-state index contributed by atoms with van der Waals surface area (Å²) in [4.78, 5) is 44.3. The van der Waals surface area contributed by atoms with Crippen LogP contribution in [-0.2, 0) is 22.7 Å². The molecule has 0 bridgehead atoms. The lowest BCUT2D eigenvalue weighted by Gasteiger charge is -2.36. The van der Waals surface area contributed by atoms with Crippen LogP contribution in [0, 0.1) is 0 Å². The van der Waals surface area contributed by atoms with E-state index in [1.807, 2.05) is 36.4 Å². The summed E-state index contributed by atoms with van der Waals surface area (Å²) in [5.41, 5.74) is 4.40. The Balaban J connectivity index is 0.999. The molecule has 2 aromatic carbocycles. The van der Waals surface area contributed by atoms with Crippen LogP contribution in [0.4, 0.5) is 11.6 Å². The summed E-state index contributed by atoms with van der Waals surface area (Å²) in [6.07, 6.45) is 9.97. The molecule has 4 heterocycles. The Bertz CT molecular complexity index is 1550. The molecule has 6 rings (SSSR count). The summed E-state index contributed by atoms with van der Waals surface area (Å²) in [5, 5.41) is 0. The van der Waals surface area contributed by atoms with Crippen molar-refractivity contribution in [2.75, 3.05) is 62.2 Å². The molecule has 2 aliphatic heterocycles. The van der Waals surface area contributed by atoms with Crippen molar-refractivity contribution in [2.45, 2.75) is 19.5 Å². The number of anilines is 2. The van der Waals surface area contributed by atoms with Gasteiger partial charge in [0.2, 0.25) is 0 Å². The van der Waals surface area contributed by atoms with E-state index in [2.05, 4.69) is 78.1 Å². The van der Waals surface area contributed by atoms with Crippen molar-refractivity contribution in [2.24, 2.45) is 0 Å². The lowest BCUT2D eigenvalue weighted by atomic mass is 10.1. The average Bonchev–Trinajstić information content (AvgIpc) is 3.12. The van der Waals surface area contributed by atoms with Gasteiger partial charge in [-0.05, 0) is 59.7 Å². The van der Waals surface area contributed by atoms with Crippen molar-refractivity contribution >= 4 is 35.4 Å². The monoisotopic (exact) mass is 626 g/mol. The maximum absolute atomic E-state index is 12.8. The number of ketones is 2. The SMILES string of the molecule is O=C(C=Cc1cccnc1N1CCN(Cc2ccccc2)CC1)CC(=O)C=Cc1cccnc1N1CCN(Cc2ccccc2)CC1. The molecule has 0 radical (unpaired) electrons. The number of hydrogen-bond acceptors (Lipinski definition) is 8. The molecule has 47 heavy (non-hydrogen) atoms. The summed E-state index contributed by atoms with van der Waals surface area (Å²) >= 11 is 0. The third-order valence-corrected chi connectivity index (χ3v) is 8.72. The smallest absolute Gasteiger partial charge is 0.163 e. The Morgan fingerprint density at radius 1 is 0.532 bits per heavy atom. The van der Waals surface area contributed by atoms with Gasteiger partial charge in [-0.15, -0.1) is 0 Å². The molecule has 4 aromatic rings. The molecule has 0 atom stereocenters. The molecular weight excluding hydrogens is 584 g/mol. The van der Waals surface area contributed by atoms with E-state index in [4.69, 9.17) is 0 Å². The Morgan fingerprint density at radius 2 is 0.936 bits per heavy atom. The van der Waals surface area contributed by atoms with Crippen molar-refractivity contribution < 1.29 is 9.59 Å². The van der Waals surface area contributed by atoms with Crippen LogP contribution in [0.3, 0.4) is 0 Å². The lowest BCUT2D eigenvalue weighted by molar-refractivity contribution is -0.121. The number of benzene rings is 2. The molecule has 2 aromatic heterocycles. The highest BCUT2D eigenvalue weighted by atomic mass is 16.1. The summed E-state index contributed by atoms with van der Waals surface area (Å²) in [6.45, 7) is 9.10. The molecule has 2 fully saturated rings. The third kappa shape index (κ3) is 9.09. The second-order valence-electron chi connectivity index (χ2n) is 12.1. The predicted octanol–water partition coefficient (Wildman–Crippen LogP) is 5.38. The average molecular weight is 627 g/mol. The van der Waals surface area contributed by atoms with Gasteiger partial charge in [0.25, 0.3) is 0 Å². The zero-order valence-corrected chi connectivity index (χ0v) is 26.8. The summed E-state index contributed by atoms with van der Waals surface area (Å²) in [7, 11) is 0. The van der Waals surface area contributed by atoms with Crippen LogP contribution < -0.4 is 9.80 Å². The first kappa shape index (κ1) is 32.0. The van der Waals surface area contributed by atoms with Gasteiger partial charge in [0.15, 0.2) is 11.6 Å². The van der Waals surface area contributed by atoms with Crippen molar-refractivity contribution in [3.63, 3.8) is 0 Å². The van der Waals surface area contributed by atoms with Crippen molar-refractivity contribution in [1.29, 1.82) is 0 Å². The van der Waals surface area contributed by atoms with Crippen LogP contribution in [0.1, 0.15) is 28.7 Å². The van der Waals surface area contributed by atoms with Gasteiger partial charge in [-0.2, -0.15) is 0 Å². The van der Waals surface area contributed by atoms with E-state index in [1.165, 1.54) is 23.3 Å². The molecule has 0 amide bonds. The van der Waals surface area contributed by atoms with Gasteiger partial charge < -0.3 is 9.80 Å². The summed E-state index contributed by atoms with van der Waals surface area (Å²) < 4.78 is 0. The Morgan fingerprint density at radius 3 is 1.34 bits per heavy atom. The Hall–Kier alpha value is -4.92. The van der Waals surface area contributed by atoms with Crippen LogP contribution in [0.2, 0.25) is 0 Å². The molecule has 8 heteroatoms. The number of allylic oxidation sites excluding steroid dienone is 2. The van der Waals surface area contributed by atoms with Gasteiger partial charge in [-0.3, -0.25) is 19.4 Å². The largest absolute Gasteiger partial charge is 0.354 e. The fraction of sp³-hybridized carbons (Fsp3) is 0.282. The normalized spacial score (nSPS) is 16.3. The molecule has 0 aliphatic carbocycles. The minimum absolute atomic E-state index is 0.186. The number of nitrogens with zero attached hydrogens (tertiary/aromatic N) is 6. The van der Waals surface area contributed by atoms with Gasteiger partial charge in [-0.25, -0.2) is 9.97 Å². The number of hydrogen-bond donors (Lipinski definition) is 0. The van der Waals surface area contributed by atoms with E-state index in [9.17, 15) is 9.59 Å². The van der Waals surface area contributed by atoms with Crippen LogP contribution in [-0.4, -0.2) is 83.7 Å². The topological polar surface area (TPSA) is 72.9 Å². The van der Waals surface area contributed by atoms with Gasteiger partial charge in [0.05, 0.1) is 6.42 Å². The molecule has 0 saturated carbocycles. The van der Waals surface area contributed by atoms with E-state index in [0.29, 0.717) is 0 Å². The molecule has 0 unspecified atom stereocenters. The molecule has 0 spiro atoms. The number of carbonyl (C=O) groups excluding carboxylic acids is 2. The van der Waals surface area contributed by atoms with Crippen LogP contribution in [0.5, 0.6) is 0 Å². The lowest BCUT2D eigenvalue weighted by Crippen LogP contribution is -2.46. The predicted molar refractivity (Wildman–Crippen MR) is 189 cm³/mol. The van der Waals surface area contributed by atoms with E-state index in [0.717, 1.165) is 88.2 Å². The molecule has 2 aliphatic rings. The summed E-state index contributed by atoms with van der Waals surface area (Å²) in [6, 6.07) is 28.8. The molecule has 8 nitrogen and oxygen atoms in total. The van der Waals surface area contributed by atoms with Crippen LogP contribution in [0.25, 0.3) is 12.2 Å². The third-order valence-electron chi connectivity index (χ3n) is 8.72. The summed E-state index contributed by atoms with van der Waals surface area (Å²) in [5.74, 6) is 1.27. The number of rotatable bonds is 12. The highest BCUT2D eigenvalue weighted by molar-refractivity contribution is 6.11. The maximum atomic E-state index is 12.8. The minimum Gasteiger partial charge on any atom is -0.354 e. The van der Waals surface area contributed by atoms with Crippen molar-refractivity contribution in [3.05, 3.63) is 132 Å². The van der Waals surface area contributed by atoms with Crippen molar-refractivity contribution in [1.82, 2.24) is 19.8 Å². The highest BCUT2D eigenvalue weighted by Gasteiger charge is 2.21. The van der Waals surface area contributed by atoms with Gasteiger partial charge >= 0.3 is 0 Å². The van der Waals surface area contributed by atoms with Crippen molar-refractivity contribution in [3.8, 4) is 0 Å². The number of aromatic nitrogens is 2. The first-order valence-corrected chi connectivity index (χ1v) is 16.4. The first-order valence-electron chi connectivity index (χ1n) is 16.4. The van der Waals surface area contributed by atoms with Gasteiger partial charge in [-0.1, -0.05) is 60.7 Å². The molecular formula is C39H42N6O2. The fourth-order valence-electron chi connectivity index (χ4n) is 6.18. The number of pyridine rings is 2. The van der Waals surface area contributed by atoms with Crippen LogP contribution >= 0.6 is 0 Å². The Kier molecular flexibility index (Phi) is 11.0. The maximum Gasteiger partial charge on any atom is 0.163 e. The Labute approximate surface area is 277 Å².